The van der Waals surface area contributed by atoms with Crippen LogP contribution in [0.25, 0.3) is 0 Å². The number of rotatable bonds is 8. The summed E-state index contributed by atoms with van der Waals surface area (Å²) < 4.78 is 17.4. The highest BCUT2D eigenvalue weighted by molar-refractivity contribution is 9.10. The van der Waals surface area contributed by atoms with Crippen molar-refractivity contribution in [3.8, 4) is 11.5 Å². The molecule has 9 nitrogen and oxygen atoms in total. The molecule has 2 aromatic carbocycles. The third-order valence-corrected chi connectivity index (χ3v) is 5.78. The zero-order valence-electron chi connectivity index (χ0n) is 16.6. The molecule has 0 saturated heterocycles. The first kappa shape index (κ1) is 22.8. The lowest BCUT2D eigenvalue weighted by molar-refractivity contribution is -0.119. The number of hydrogen-bond donors (Lipinski definition) is 2. The fourth-order valence-corrected chi connectivity index (χ4v) is 2.89. The molecule has 31 heavy (non-hydrogen) atoms. The number of halogens is 2. The van der Waals surface area contributed by atoms with Gasteiger partial charge in [0, 0.05) is 8.95 Å². The molecule has 0 radical (unpaired) electrons. The first-order valence-electron chi connectivity index (χ1n) is 9.02. The number of anilines is 2. The van der Waals surface area contributed by atoms with Gasteiger partial charge in [-0.1, -0.05) is 31.9 Å². The van der Waals surface area contributed by atoms with Gasteiger partial charge in [-0.3, -0.25) is 9.59 Å². The zero-order chi connectivity index (χ0) is 22.4. The maximum Gasteiger partial charge on any atom is 0.263 e. The Morgan fingerprint density at radius 2 is 1.26 bits per heavy atom. The SMILES string of the molecule is Cc1cc(OCC(=O)Nc2nonc2NC(=O)COc2ccc(Br)c(C)c2)ccc1Br. The largest absolute Gasteiger partial charge is 0.484 e. The highest BCUT2D eigenvalue weighted by Gasteiger charge is 2.16. The standard InChI is InChI=1S/C20H18Br2N4O5/c1-11-7-13(3-5-15(11)21)29-9-17(27)23-19-20(26-31-25-19)24-18(28)10-30-14-4-6-16(22)12(2)8-14/h3-8H,9-10H2,1-2H3,(H,23,25,27)(H,24,26,28). The van der Waals surface area contributed by atoms with E-state index in [1.54, 1.807) is 24.3 Å². The molecule has 0 aliphatic heterocycles. The van der Waals surface area contributed by atoms with Crippen LogP contribution in [-0.2, 0) is 9.59 Å². The molecule has 0 atom stereocenters. The van der Waals surface area contributed by atoms with Crippen LogP contribution in [0.5, 0.6) is 11.5 Å². The Labute approximate surface area is 194 Å². The average Bonchev–Trinajstić information content (AvgIpc) is 3.16. The van der Waals surface area contributed by atoms with E-state index >= 15 is 0 Å². The molecule has 0 bridgehead atoms. The van der Waals surface area contributed by atoms with Crippen LogP contribution >= 0.6 is 31.9 Å². The summed E-state index contributed by atoms with van der Waals surface area (Å²) in [5.41, 5.74) is 1.95. The van der Waals surface area contributed by atoms with Gasteiger partial charge in [0.05, 0.1) is 0 Å². The van der Waals surface area contributed by atoms with Gasteiger partial charge in [-0.2, -0.15) is 0 Å². The topological polar surface area (TPSA) is 116 Å². The Kier molecular flexibility index (Phi) is 7.64. The lowest BCUT2D eigenvalue weighted by Crippen LogP contribution is -2.23. The Morgan fingerprint density at radius 3 is 1.65 bits per heavy atom. The smallest absolute Gasteiger partial charge is 0.263 e. The molecule has 2 N–H and O–H groups in total. The molecule has 3 aromatic rings. The van der Waals surface area contributed by atoms with E-state index in [1.165, 1.54) is 0 Å². The zero-order valence-corrected chi connectivity index (χ0v) is 19.7. The minimum absolute atomic E-state index is 0.0339. The van der Waals surface area contributed by atoms with Crippen LogP contribution in [0.15, 0.2) is 50.0 Å². The van der Waals surface area contributed by atoms with Crippen LogP contribution in [0.2, 0.25) is 0 Å². The van der Waals surface area contributed by atoms with E-state index in [9.17, 15) is 9.59 Å². The number of nitrogens with zero attached hydrogens (tertiary/aromatic N) is 2. The predicted molar refractivity (Wildman–Crippen MR) is 120 cm³/mol. The molecule has 0 saturated carbocycles. The molecule has 0 spiro atoms. The van der Waals surface area contributed by atoms with Crippen LogP contribution < -0.4 is 20.1 Å². The van der Waals surface area contributed by atoms with E-state index in [0.717, 1.165) is 20.1 Å². The van der Waals surface area contributed by atoms with E-state index in [4.69, 9.17) is 9.47 Å². The molecule has 3 rings (SSSR count). The van der Waals surface area contributed by atoms with E-state index in [1.807, 2.05) is 26.0 Å². The number of carbonyl (C=O) groups is 2. The van der Waals surface area contributed by atoms with Crippen LogP contribution in [0.1, 0.15) is 11.1 Å². The number of aromatic nitrogens is 2. The van der Waals surface area contributed by atoms with Gasteiger partial charge in [-0.05, 0) is 71.7 Å². The predicted octanol–water partition coefficient (Wildman–Crippen LogP) is 4.25. The third kappa shape index (κ3) is 6.53. The molecule has 0 aliphatic carbocycles. The molecular weight excluding hydrogens is 536 g/mol. The number of amides is 2. The average molecular weight is 554 g/mol. The lowest BCUT2D eigenvalue weighted by atomic mass is 10.2. The van der Waals surface area contributed by atoms with E-state index in [-0.39, 0.29) is 24.8 Å². The molecule has 11 heteroatoms. The number of benzene rings is 2. The quantitative estimate of drug-likeness (QED) is 0.428. The van der Waals surface area contributed by atoms with E-state index in [0.29, 0.717) is 11.5 Å². The molecule has 0 fully saturated rings. The summed E-state index contributed by atoms with van der Waals surface area (Å²) >= 11 is 6.80. The van der Waals surface area contributed by atoms with Crippen LogP contribution in [0, 0.1) is 13.8 Å². The fraction of sp³-hybridized carbons (Fsp3) is 0.200. The van der Waals surface area contributed by atoms with Crippen molar-refractivity contribution < 1.29 is 23.7 Å². The van der Waals surface area contributed by atoms with Gasteiger partial charge in [0.2, 0.25) is 11.6 Å². The number of carbonyl (C=O) groups excluding carboxylic acids is 2. The third-order valence-electron chi connectivity index (χ3n) is 4.00. The minimum atomic E-state index is -0.492. The molecule has 1 aromatic heterocycles. The number of hydrogen-bond acceptors (Lipinski definition) is 7. The normalized spacial score (nSPS) is 10.5. The highest BCUT2D eigenvalue weighted by atomic mass is 79.9. The first-order valence-corrected chi connectivity index (χ1v) is 10.6. The summed E-state index contributed by atoms with van der Waals surface area (Å²) in [5.74, 6) is 0.0366. The van der Waals surface area contributed by atoms with Crippen molar-refractivity contribution in [2.45, 2.75) is 13.8 Å². The Morgan fingerprint density at radius 1 is 0.839 bits per heavy atom. The van der Waals surface area contributed by atoms with Gasteiger partial charge in [-0.25, -0.2) is 4.63 Å². The van der Waals surface area contributed by atoms with E-state index in [2.05, 4.69) is 57.4 Å². The second-order valence-corrected chi connectivity index (χ2v) is 8.17. The summed E-state index contributed by atoms with van der Waals surface area (Å²) in [6.07, 6.45) is 0. The van der Waals surface area contributed by atoms with Crippen molar-refractivity contribution in [2.75, 3.05) is 23.8 Å². The maximum atomic E-state index is 12.1. The number of ether oxygens (including phenoxy) is 2. The Bertz CT molecular complexity index is 1020. The minimum Gasteiger partial charge on any atom is -0.484 e. The van der Waals surface area contributed by atoms with Crippen LogP contribution in [0.4, 0.5) is 11.6 Å². The summed E-state index contributed by atoms with van der Waals surface area (Å²) in [4.78, 5) is 24.3. The van der Waals surface area contributed by atoms with Crippen molar-refractivity contribution in [3.63, 3.8) is 0 Å². The highest BCUT2D eigenvalue weighted by Crippen LogP contribution is 2.23. The fourth-order valence-electron chi connectivity index (χ4n) is 2.40. The van der Waals surface area contributed by atoms with Crippen molar-refractivity contribution in [2.24, 2.45) is 0 Å². The Hall–Kier alpha value is -2.92. The van der Waals surface area contributed by atoms with Crippen molar-refractivity contribution in [3.05, 3.63) is 56.5 Å². The van der Waals surface area contributed by atoms with E-state index < -0.39 is 11.8 Å². The molecule has 0 aliphatic rings. The van der Waals surface area contributed by atoms with Gasteiger partial charge >= 0.3 is 0 Å². The monoisotopic (exact) mass is 552 g/mol. The second-order valence-electron chi connectivity index (χ2n) is 6.46. The maximum absolute atomic E-state index is 12.1. The van der Waals surface area contributed by atoms with Gasteiger partial charge in [-0.15, -0.1) is 0 Å². The molecule has 0 unspecified atom stereocenters. The summed E-state index contributed by atoms with van der Waals surface area (Å²) in [6, 6.07) is 10.7. The lowest BCUT2D eigenvalue weighted by Gasteiger charge is -2.09. The second kappa shape index (κ2) is 10.4. The van der Waals surface area contributed by atoms with Crippen molar-refractivity contribution in [1.29, 1.82) is 0 Å². The van der Waals surface area contributed by atoms with Crippen molar-refractivity contribution >= 4 is 55.3 Å². The van der Waals surface area contributed by atoms with Gasteiger partial charge in [0.25, 0.3) is 11.8 Å². The molecule has 1 heterocycles. The Balaban J connectivity index is 1.50. The summed E-state index contributed by atoms with van der Waals surface area (Å²) in [5, 5.41) is 12.1. The van der Waals surface area contributed by atoms with Gasteiger partial charge < -0.3 is 20.1 Å². The molecule has 162 valence electrons. The van der Waals surface area contributed by atoms with Crippen LogP contribution in [0.3, 0.4) is 0 Å². The number of aryl methyl sites for hydroxylation is 2. The van der Waals surface area contributed by atoms with Crippen molar-refractivity contribution in [1.82, 2.24) is 10.3 Å². The summed E-state index contributed by atoms with van der Waals surface area (Å²) in [6.45, 7) is 3.31. The van der Waals surface area contributed by atoms with Crippen LogP contribution in [-0.4, -0.2) is 35.3 Å². The molecule has 2 amide bonds. The summed E-state index contributed by atoms with van der Waals surface area (Å²) in [7, 11) is 0. The van der Waals surface area contributed by atoms with Gasteiger partial charge in [0.1, 0.15) is 11.5 Å². The molecular formula is C20H18Br2N4O5. The van der Waals surface area contributed by atoms with Gasteiger partial charge in [0.15, 0.2) is 13.2 Å². The first-order chi connectivity index (χ1) is 14.8. The number of nitrogens with one attached hydrogen (secondary N) is 2.